The lowest BCUT2D eigenvalue weighted by Crippen LogP contribution is -2.61. The molecular formula is C25H27BrClN3O4S. The first-order chi connectivity index (χ1) is 16.5. The molecule has 0 spiro atoms. The van der Waals surface area contributed by atoms with Crippen molar-refractivity contribution >= 4 is 49.4 Å². The largest absolute Gasteiger partial charge is 0.311 e. The Morgan fingerprint density at radius 1 is 1.11 bits per heavy atom. The standard InChI is InChI=1S/C25H27BrClN3O4S/c1-4-18-14-19(26)7-10-22(18)35(33,34)29-12-11-24(31)30-21(13-17-5-8-20(27)9-6-17)25(32)28(16(2)3)15-23(29)30/h5-10,14-16,21H,4,11-13H2,1-3H3. The molecule has 0 bridgehead atoms. The number of halogens is 2. The quantitative estimate of drug-likeness (QED) is 0.502. The summed E-state index contributed by atoms with van der Waals surface area (Å²) in [5.41, 5.74) is 1.50. The lowest BCUT2D eigenvalue weighted by atomic mass is 10.00. The van der Waals surface area contributed by atoms with E-state index < -0.39 is 16.1 Å². The SMILES string of the molecule is CCc1cc(Br)ccc1S(=O)(=O)N1CCC(=O)N2C1=CN(C(C)C)C(=O)C2Cc1ccc(Cl)cc1. The third-order valence-electron chi connectivity index (χ3n) is 6.28. The first-order valence-electron chi connectivity index (χ1n) is 11.5. The zero-order valence-corrected chi connectivity index (χ0v) is 22.9. The Kier molecular flexibility index (Phi) is 7.31. The Labute approximate surface area is 219 Å². The van der Waals surface area contributed by atoms with Crippen LogP contribution in [0.2, 0.25) is 5.02 Å². The topological polar surface area (TPSA) is 78.0 Å². The number of nitrogens with zero attached hydrogens (tertiary/aromatic N) is 3. The third kappa shape index (κ3) is 4.86. The minimum Gasteiger partial charge on any atom is -0.311 e. The van der Waals surface area contributed by atoms with Gasteiger partial charge in [0, 0.05) is 41.1 Å². The Morgan fingerprint density at radius 2 is 1.80 bits per heavy atom. The van der Waals surface area contributed by atoms with Crippen molar-refractivity contribution in [1.82, 2.24) is 14.1 Å². The molecule has 2 heterocycles. The van der Waals surface area contributed by atoms with Crippen LogP contribution >= 0.6 is 27.5 Å². The molecule has 0 saturated carbocycles. The van der Waals surface area contributed by atoms with Crippen LogP contribution in [0.15, 0.2) is 63.9 Å². The van der Waals surface area contributed by atoms with Crippen molar-refractivity contribution in [2.75, 3.05) is 6.54 Å². The highest BCUT2D eigenvalue weighted by atomic mass is 79.9. The van der Waals surface area contributed by atoms with Gasteiger partial charge in [-0.05, 0) is 61.7 Å². The predicted octanol–water partition coefficient (Wildman–Crippen LogP) is 4.55. The maximum Gasteiger partial charge on any atom is 0.265 e. The van der Waals surface area contributed by atoms with Crippen LogP contribution in [-0.2, 0) is 32.5 Å². The fourth-order valence-electron chi connectivity index (χ4n) is 4.47. The van der Waals surface area contributed by atoms with E-state index in [1.54, 1.807) is 30.3 Å². The summed E-state index contributed by atoms with van der Waals surface area (Å²) < 4.78 is 29.9. The zero-order valence-electron chi connectivity index (χ0n) is 19.7. The molecule has 0 radical (unpaired) electrons. The molecule has 1 atom stereocenters. The number of hydrogen-bond acceptors (Lipinski definition) is 4. The van der Waals surface area contributed by atoms with Gasteiger partial charge in [0.05, 0.1) is 4.90 Å². The number of rotatable bonds is 6. The van der Waals surface area contributed by atoms with E-state index in [1.807, 2.05) is 32.9 Å². The minimum atomic E-state index is -3.99. The number of benzene rings is 2. The van der Waals surface area contributed by atoms with Crippen LogP contribution in [0, 0.1) is 0 Å². The maximum atomic E-state index is 13.9. The van der Waals surface area contributed by atoms with E-state index in [1.165, 1.54) is 20.3 Å². The summed E-state index contributed by atoms with van der Waals surface area (Å²) in [5.74, 6) is -0.312. The number of carbonyl (C=O) groups excluding carboxylic acids is 2. The highest BCUT2D eigenvalue weighted by molar-refractivity contribution is 9.10. The summed E-state index contributed by atoms with van der Waals surface area (Å²) in [5, 5.41) is 0.570. The van der Waals surface area contributed by atoms with Gasteiger partial charge in [-0.15, -0.1) is 0 Å². The summed E-state index contributed by atoms with van der Waals surface area (Å²) in [6.45, 7) is 5.62. The van der Waals surface area contributed by atoms with E-state index >= 15 is 0 Å². The molecule has 1 saturated heterocycles. The summed E-state index contributed by atoms with van der Waals surface area (Å²) in [4.78, 5) is 29.7. The van der Waals surface area contributed by atoms with Gasteiger partial charge in [-0.25, -0.2) is 12.7 Å². The molecule has 2 aliphatic rings. The molecule has 186 valence electrons. The van der Waals surface area contributed by atoms with Crippen LogP contribution < -0.4 is 0 Å². The highest BCUT2D eigenvalue weighted by Crippen LogP contribution is 2.35. The van der Waals surface area contributed by atoms with Crippen LogP contribution in [0.1, 0.15) is 38.3 Å². The molecule has 2 aliphatic heterocycles. The molecule has 1 unspecified atom stereocenters. The second kappa shape index (κ2) is 9.95. The van der Waals surface area contributed by atoms with Gasteiger partial charge in [0.15, 0.2) is 0 Å². The average molecular weight is 581 g/mol. The van der Waals surface area contributed by atoms with Crippen LogP contribution in [0.4, 0.5) is 0 Å². The van der Waals surface area contributed by atoms with Gasteiger partial charge in [0.2, 0.25) is 11.8 Å². The lowest BCUT2D eigenvalue weighted by molar-refractivity contribution is -0.148. The van der Waals surface area contributed by atoms with Gasteiger partial charge in [-0.3, -0.25) is 14.5 Å². The number of carbonyl (C=O) groups is 2. The van der Waals surface area contributed by atoms with E-state index in [0.29, 0.717) is 17.0 Å². The average Bonchev–Trinajstić information content (AvgIpc) is 2.81. The monoisotopic (exact) mass is 579 g/mol. The number of sulfonamides is 1. The van der Waals surface area contributed by atoms with Crippen LogP contribution in [0.25, 0.3) is 0 Å². The summed E-state index contributed by atoms with van der Waals surface area (Å²) in [6.07, 6.45) is 2.26. The van der Waals surface area contributed by atoms with Crippen molar-refractivity contribution in [3.63, 3.8) is 0 Å². The smallest absolute Gasteiger partial charge is 0.265 e. The third-order valence-corrected chi connectivity index (χ3v) is 8.92. The summed E-state index contributed by atoms with van der Waals surface area (Å²) >= 11 is 9.43. The van der Waals surface area contributed by atoms with Crippen molar-refractivity contribution in [1.29, 1.82) is 0 Å². The number of aryl methyl sites for hydroxylation is 1. The molecule has 2 aromatic rings. The normalized spacial score (nSPS) is 18.7. The van der Waals surface area contributed by atoms with Crippen molar-refractivity contribution in [2.24, 2.45) is 0 Å². The molecule has 0 aromatic heterocycles. The zero-order chi connectivity index (χ0) is 25.5. The Bertz CT molecular complexity index is 1290. The minimum absolute atomic E-state index is 0.0104. The van der Waals surface area contributed by atoms with E-state index in [0.717, 1.165) is 10.0 Å². The highest BCUT2D eigenvalue weighted by Gasteiger charge is 2.46. The molecule has 10 heteroatoms. The van der Waals surface area contributed by atoms with E-state index in [4.69, 9.17) is 11.6 Å². The number of fused-ring (bicyclic) bond motifs is 1. The van der Waals surface area contributed by atoms with Crippen molar-refractivity contribution in [2.45, 2.75) is 57.0 Å². The number of amides is 2. The molecule has 2 amide bonds. The molecule has 1 fully saturated rings. The van der Waals surface area contributed by atoms with Gasteiger partial charge in [0.25, 0.3) is 10.0 Å². The molecule has 2 aromatic carbocycles. The van der Waals surface area contributed by atoms with Crippen LogP contribution in [0.3, 0.4) is 0 Å². The van der Waals surface area contributed by atoms with Gasteiger partial charge in [0.1, 0.15) is 11.9 Å². The van der Waals surface area contributed by atoms with Crippen molar-refractivity contribution in [3.8, 4) is 0 Å². The van der Waals surface area contributed by atoms with Crippen LogP contribution in [0.5, 0.6) is 0 Å². The molecule has 7 nitrogen and oxygen atoms in total. The molecule has 4 rings (SSSR count). The summed E-state index contributed by atoms with van der Waals surface area (Å²) in [6, 6.07) is 11.1. The fourth-order valence-corrected chi connectivity index (χ4v) is 6.73. The van der Waals surface area contributed by atoms with Gasteiger partial charge in [-0.2, -0.15) is 0 Å². The fraction of sp³-hybridized carbons (Fsp3) is 0.360. The molecular weight excluding hydrogens is 554 g/mol. The maximum absolute atomic E-state index is 13.9. The molecule has 35 heavy (non-hydrogen) atoms. The second-order valence-electron chi connectivity index (χ2n) is 8.87. The van der Waals surface area contributed by atoms with Crippen LogP contribution in [-0.4, -0.2) is 53.0 Å². The van der Waals surface area contributed by atoms with Crippen molar-refractivity contribution < 1.29 is 18.0 Å². The summed E-state index contributed by atoms with van der Waals surface area (Å²) in [7, 11) is -3.99. The molecule has 0 N–H and O–H groups in total. The van der Waals surface area contributed by atoms with Gasteiger partial charge >= 0.3 is 0 Å². The van der Waals surface area contributed by atoms with E-state index in [9.17, 15) is 18.0 Å². The van der Waals surface area contributed by atoms with Gasteiger partial charge in [-0.1, -0.05) is 46.6 Å². The predicted molar refractivity (Wildman–Crippen MR) is 138 cm³/mol. The second-order valence-corrected chi connectivity index (χ2v) is 12.1. The number of hydrogen-bond donors (Lipinski definition) is 0. The van der Waals surface area contributed by atoms with Crippen molar-refractivity contribution in [3.05, 3.63) is 75.1 Å². The Morgan fingerprint density at radius 3 is 2.43 bits per heavy atom. The molecule has 0 aliphatic carbocycles. The van der Waals surface area contributed by atoms with E-state index in [2.05, 4.69) is 15.9 Å². The first-order valence-corrected chi connectivity index (χ1v) is 14.1. The van der Waals surface area contributed by atoms with E-state index in [-0.39, 0.29) is 48.0 Å². The first kappa shape index (κ1) is 25.7. The van der Waals surface area contributed by atoms with Gasteiger partial charge < -0.3 is 4.90 Å². The lowest BCUT2D eigenvalue weighted by Gasteiger charge is -2.47. The Balaban J connectivity index is 1.81. The Hall–Kier alpha value is -2.36.